The minimum absolute atomic E-state index is 0.0500. The van der Waals surface area contributed by atoms with Crippen molar-refractivity contribution in [1.29, 1.82) is 0 Å². The topological polar surface area (TPSA) is 115 Å². The Morgan fingerprint density at radius 3 is 2.59 bits per heavy atom. The van der Waals surface area contributed by atoms with Gasteiger partial charge in [0, 0.05) is 6.26 Å². The maximum atomic E-state index is 12.1. The predicted octanol–water partition coefficient (Wildman–Crippen LogP) is 1.58. The molecule has 120 valence electrons. The van der Waals surface area contributed by atoms with Crippen LogP contribution in [0.4, 0.5) is 0 Å². The Hall–Kier alpha value is -2.16. The molecule has 0 unspecified atom stereocenters. The minimum atomic E-state index is -3.59. The zero-order chi connectivity index (χ0) is 16.3. The van der Waals surface area contributed by atoms with E-state index in [4.69, 9.17) is 8.83 Å². The van der Waals surface area contributed by atoms with Crippen molar-refractivity contribution in [2.75, 3.05) is 6.26 Å². The van der Waals surface area contributed by atoms with Crippen molar-refractivity contribution < 1.29 is 22.0 Å². The number of hydrogen-bond acceptors (Lipinski definition) is 7. The van der Waals surface area contributed by atoms with Crippen LogP contribution in [0.3, 0.4) is 0 Å². The lowest BCUT2D eigenvalue weighted by molar-refractivity contribution is 0.0895. The molecule has 8 nitrogen and oxygen atoms in total. The summed E-state index contributed by atoms with van der Waals surface area (Å²) >= 11 is 0. The molecular formula is C13H17N3O5S. The van der Waals surface area contributed by atoms with Crippen molar-refractivity contribution in [3.8, 4) is 0 Å². The average Bonchev–Trinajstić information content (AvgIpc) is 3.08. The van der Waals surface area contributed by atoms with E-state index in [1.54, 1.807) is 6.07 Å². The van der Waals surface area contributed by atoms with Gasteiger partial charge in [0.2, 0.25) is 15.7 Å². The van der Waals surface area contributed by atoms with Gasteiger partial charge in [-0.2, -0.15) is 0 Å². The largest absolute Gasteiger partial charge is 0.459 e. The molecule has 1 atom stereocenters. The standard InChI is InChI=1S/C13H17N3O5S/c1-8(2)7-9(14-11(17)10-5-4-6-20-10)12-15-16-13(21-12)22(3,18)19/h4-6,8-9H,7H2,1-3H3,(H,14,17)/t9-/m0/s1. The molecule has 1 N–H and O–H groups in total. The Morgan fingerprint density at radius 2 is 2.09 bits per heavy atom. The summed E-state index contributed by atoms with van der Waals surface area (Å²) in [5.41, 5.74) is 0. The number of nitrogens with zero attached hydrogens (tertiary/aromatic N) is 2. The Balaban J connectivity index is 2.22. The Kier molecular flexibility index (Phi) is 4.65. The molecule has 0 aliphatic heterocycles. The van der Waals surface area contributed by atoms with Crippen LogP contribution >= 0.6 is 0 Å². The number of aromatic nitrogens is 2. The second-order valence-electron chi connectivity index (χ2n) is 5.31. The molecule has 0 saturated carbocycles. The van der Waals surface area contributed by atoms with E-state index in [9.17, 15) is 13.2 Å². The van der Waals surface area contributed by atoms with Gasteiger partial charge < -0.3 is 14.2 Å². The van der Waals surface area contributed by atoms with E-state index in [0.717, 1.165) is 6.26 Å². The monoisotopic (exact) mass is 327 g/mol. The fraction of sp³-hybridized carbons (Fsp3) is 0.462. The number of hydrogen-bond donors (Lipinski definition) is 1. The first-order valence-corrected chi connectivity index (χ1v) is 8.54. The van der Waals surface area contributed by atoms with Crippen LogP contribution in [0.15, 0.2) is 32.5 Å². The first-order chi connectivity index (χ1) is 10.3. The Labute approximate surface area is 127 Å². The molecule has 0 radical (unpaired) electrons. The summed E-state index contributed by atoms with van der Waals surface area (Å²) in [4.78, 5) is 12.1. The van der Waals surface area contributed by atoms with Crippen molar-refractivity contribution in [3.63, 3.8) is 0 Å². The van der Waals surface area contributed by atoms with Gasteiger partial charge in [0.15, 0.2) is 5.76 Å². The number of carbonyl (C=O) groups is 1. The molecule has 9 heteroatoms. The predicted molar refractivity (Wildman–Crippen MR) is 75.8 cm³/mol. The van der Waals surface area contributed by atoms with Gasteiger partial charge in [-0.05, 0) is 24.5 Å². The van der Waals surface area contributed by atoms with E-state index < -0.39 is 27.0 Å². The number of amides is 1. The third kappa shape index (κ3) is 3.94. The van der Waals surface area contributed by atoms with E-state index >= 15 is 0 Å². The molecule has 0 aliphatic rings. The molecule has 2 heterocycles. The van der Waals surface area contributed by atoms with Gasteiger partial charge in [0.25, 0.3) is 5.91 Å². The molecule has 0 bridgehead atoms. The summed E-state index contributed by atoms with van der Waals surface area (Å²) in [6, 6.07) is 2.53. The zero-order valence-corrected chi connectivity index (χ0v) is 13.3. The molecule has 0 spiro atoms. The van der Waals surface area contributed by atoms with Crippen molar-refractivity contribution in [2.45, 2.75) is 31.5 Å². The van der Waals surface area contributed by atoms with Crippen molar-refractivity contribution in [3.05, 3.63) is 30.0 Å². The molecule has 0 fully saturated rings. The summed E-state index contributed by atoms with van der Waals surface area (Å²) < 4.78 is 33.0. The highest BCUT2D eigenvalue weighted by Crippen LogP contribution is 2.22. The second-order valence-corrected chi connectivity index (χ2v) is 7.20. The molecule has 22 heavy (non-hydrogen) atoms. The second kappa shape index (κ2) is 6.30. The smallest absolute Gasteiger partial charge is 0.335 e. The van der Waals surface area contributed by atoms with Crippen LogP contribution in [0.1, 0.15) is 42.8 Å². The lowest BCUT2D eigenvalue weighted by Gasteiger charge is -2.16. The van der Waals surface area contributed by atoms with Crippen LogP contribution in [0.5, 0.6) is 0 Å². The van der Waals surface area contributed by atoms with Crippen molar-refractivity contribution in [1.82, 2.24) is 15.5 Å². The molecule has 1 amide bonds. The van der Waals surface area contributed by atoms with Crippen LogP contribution in [0.2, 0.25) is 0 Å². The third-order valence-corrected chi connectivity index (χ3v) is 3.59. The highest BCUT2D eigenvalue weighted by atomic mass is 32.2. The Bertz CT molecular complexity index is 734. The molecule has 2 rings (SSSR count). The van der Waals surface area contributed by atoms with Gasteiger partial charge >= 0.3 is 5.22 Å². The van der Waals surface area contributed by atoms with Gasteiger partial charge in [0.05, 0.1) is 6.26 Å². The fourth-order valence-electron chi connectivity index (χ4n) is 1.84. The van der Waals surface area contributed by atoms with Crippen LogP contribution in [0.25, 0.3) is 0 Å². The summed E-state index contributed by atoms with van der Waals surface area (Å²) in [5, 5.41) is 9.47. The molecular weight excluding hydrogens is 310 g/mol. The first kappa shape index (κ1) is 16.2. The van der Waals surface area contributed by atoms with Gasteiger partial charge in [-0.1, -0.05) is 18.9 Å². The van der Waals surface area contributed by atoms with E-state index in [2.05, 4.69) is 15.5 Å². The highest BCUT2D eigenvalue weighted by molar-refractivity contribution is 7.90. The zero-order valence-electron chi connectivity index (χ0n) is 12.4. The number of sulfone groups is 1. The molecule has 0 saturated heterocycles. The fourth-order valence-corrected chi connectivity index (χ4v) is 2.27. The molecule has 2 aromatic heterocycles. The number of carbonyl (C=O) groups excluding carboxylic acids is 1. The highest BCUT2D eigenvalue weighted by Gasteiger charge is 2.26. The normalized spacial score (nSPS) is 13.3. The number of nitrogens with one attached hydrogen (secondary N) is 1. The summed E-state index contributed by atoms with van der Waals surface area (Å²) in [5.74, 6) is -0.0177. The quantitative estimate of drug-likeness (QED) is 0.856. The maximum Gasteiger partial charge on any atom is 0.335 e. The van der Waals surface area contributed by atoms with Gasteiger partial charge in [0.1, 0.15) is 6.04 Å². The average molecular weight is 327 g/mol. The molecule has 0 aliphatic carbocycles. The van der Waals surface area contributed by atoms with Crippen LogP contribution < -0.4 is 5.32 Å². The third-order valence-electron chi connectivity index (χ3n) is 2.79. The van der Waals surface area contributed by atoms with E-state index in [1.807, 2.05) is 13.8 Å². The summed E-state index contributed by atoms with van der Waals surface area (Å²) in [7, 11) is -3.59. The summed E-state index contributed by atoms with van der Waals surface area (Å²) in [6.07, 6.45) is 2.88. The summed E-state index contributed by atoms with van der Waals surface area (Å²) in [6.45, 7) is 3.92. The van der Waals surface area contributed by atoms with Crippen molar-refractivity contribution >= 4 is 15.7 Å². The minimum Gasteiger partial charge on any atom is -0.459 e. The van der Waals surface area contributed by atoms with E-state index in [0.29, 0.717) is 6.42 Å². The Morgan fingerprint density at radius 1 is 1.36 bits per heavy atom. The lowest BCUT2D eigenvalue weighted by Crippen LogP contribution is -2.29. The molecule has 0 aromatic carbocycles. The van der Waals surface area contributed by atoms with E-state index in [-0.39, 0.29) is 17.6 Å². The van der Waals surface area contributed by atoms with E-state index in [1.165, 1.54) is 12.3 Å². The van der Waals surface area contributed by atoms with Crippen LogP contribution in [-0.4, -0.2) is 30.8 Å². The number of furan rings is 1. The first-order valence-electron chi connectivity index (χ1n) is 6.65. The maximum absolute atomic E-state index is 12.1. The SMILES string of the molecule is CC(C)C[C@H](NC(=O)c1ccco1)c1nnc(S(C)(=O)=O)o1. The lowest BCUT2D eigenvalue weighted by atomic mass is 10.0. The molecule has 2 aromatic rings. The number of rotatable bonds is 6. The van der Waals surface area contributed by atoms with Crippen LogP contribution in [-0.2, 0) is 9.84 Å². The van der Waals surface area contributed by atoms with Gasteiger partial charge in [-0.3, -0.25) is 4.79 Å². The van der Waals surface area contributed by atoms with Gasteiger partial charge in [-0.15, -0.1) is 5.10 Å². The van der Waals surface area contributed by atoms with Crippen molar-refractivity contribution in [2.24, 2.45) is 5.92 Å². The van der Waals surface area contributed by atoms with Crippen LogP contribution in [0, 0.1) is 5.92 Å². The van der Waals surface area contributed by atoms with Gasteiger partial charge in [-0.25, -0.2) is 8.42 Å².